The lowest BCUT2D eigenvalue weighted by molar-refractivity contribution is -0.113. The molecular formula is C15H11Cl2F2NO3S2. The van der Waals surface area contributed by atoms with Crippen molar-refractivity contribution in [1.82, 2.24) is 0 Å². The summed E-state index contributed by atoms with van der Waals surface area (Å²) in [6, 6.07) is 9.84. The van der Waals surface area contributed by atoms with E-state index < -0.39 is 26.4 Å². The molecule has 0 saturated heterocycles. The number of hydrogen-bond donors (Lipinski definition) is 1. The predicted molar refractivity (Wildman–Crippen MR) is 95.4 cm³/mol. The molecule has 0 aromatic heterocycles. The van der Waals surface area contributed by atoms with E-state index in [4.69, 9.17) is 23.2 Å². The Hall–Kier alpha value is -1.35. The maximum absolute atomic E-state index is 12.7. The van der Waals surface area contributed by atoms with Crippen LogP contribution in [0.3, 0.4) is 0 Å². The standard InChI is InChI=1S/C15H11Cl2F2NO3S2/c16-9-4-3-5-10(17)14(9)24-8-13(21)20-11-6-1-2-7-12(11)25(22,23)15(18)19/h1-7,15H,8H2,(H,20,21). The Bertz CT molecular complexity index is 872. The van der Waals surface area contributed by atoms with Crippen LogP contribution >= 0.6 is 35.0 Å². The molecule has 0 aliphatic heterocycles. The summed E-state index contributed by atoms with van der Waals surface area (Å²) in [5.74, 6) is -4.30. The molecule has 0 atom stereocenters. The molecule has 10 heteroatoms. The lowest BCUT2D eigenvalue weighted by Crippen LogP contribution is -2.19. The SMILES string of the molecule is O=C(CSc1c(Cl)cccc1Cl)Nc1ccccc1S(=O)(=O)C(F)F. The molecule has 0 radical (unpaired) electrons. The van der Waals surface area contributed by atoms with Gasteiger partial charge < -0.3 is 5.32 Å². The molecule has 2 aromatic rings. The molecule has 0 bridgehead atoms. The van der Waals surface area contributed by atoms with Crippen molar-refractivity contribution >= 4 is 56.4 Å². The number of benzene rings is 2. The van der Waals surface area contributed by atoms with E-state index >= 15 is 0 Å². The topological polar surface area (TPSA) is 63.2 Å². The molecule has 2 rings (SSSR count). The second-order valence-electron chi connectivity index (χ2n) is 4.69. The van der Waals surface area contributed by atoms with Crippen molar-refractivity contribution in [3.63, 3.8) is 0 Å². The lowest BCUT2D eigenvalue weighted by Gasteiger charge is -2.11. The van der Waals surface area contributed by atoms with Crippen LogP contribution in [0.2, 0.25) is 10.0 Å². The Balaban J connectivity index is 2.14. The summed E-state index contributed by atoms with van der Waals surface area (Å²) >= 11 is 13.0. The van der Waals surface area contributed by atoms with Crippen molar-refractivity contribution in [3.8, 4) is 0 Å². The molecule has 0 unspecified atom stereocenters. The monoisotopic (exact) mass is 425 g/mol. The Kier molecular flexibility index (Phi) is 6.67. The van der Waals surface area contributed by atoms with Crippen LogP contribution in [0.1, 0.15) is 0 Å². The van der Waals surface area contributed by atoms with E-state index in [1.54, 1.807) is 18.2 Å². The lowest BCUT2D eigenvalue weighted by atomic mass is 10.3. The highest BCUT2D eigenvalue weighted by molar-refractivity contribution is 8.00. The highest BCUT2D eigenvalue weighted by atomic mass is 35.5. The number of thioether (sulfide) groups is 1. The molecule has 1 N–H and O–H groups in total. The number of alkyl halides is 2. The molecule has 1 amide bonds. The van der Waals surface area contributed by atoms with Crippen molar-refractivity contribution in [1.29, 1.82) is 0 Å². The van der Waals surface area contributed by atoms with Gasteiger partial charge in [-0.25, -0.2) is 8.42 Å². The predicted octanol–water partition coefficient (Wildman–Crippen LogP) is 4.72. The number of hydrogen-bond acceptors (Lipinski definition) is 4. The number of sulfone groups is 1. The zero-order valence-electron chi connectivity index (χ0n) is 12.4. The van der Waals surface area contributed by atoms with Gasteiger partial charge in [-0.2, -0.15) is 8.78 Å². The Labute approximate surface area is 157 Å². The van der Waals surface area contributed by atoms with Gasteiger partial charge in [0.1, 0.15) is 0 Å². The Morgan fingerprint density at radius 2 is 1.68 bits per heavy atom. The first kappa shape index (κ1) is 20.0. The van der Waals surface area contributed by atoms with Crippen LogP contribution in [0.5, 0.6) is 0 Å². The van der Waals surface area contributed by atoms with Crippen molar-refractivity contribution in [2.45, 2.75) is 15.5 Å². The highest BCUT2D eigenvalue weighted by Crippen LogP contribution is 2.34. The highest BCUT2D eigenvalue weighted by Gasteiger charge is 2.29. The first-order chi connectivity index (χ1) is 11.7. The zero-order valence-corrected chi connectivity index (χ0v) is 15.5. The van der Waals surface area contributed by atoms with E-state index in [0.717, 1.165) is 17.8 Å². The fourth-order valence-corrected chi connectivity index (χ4v) is 4.23. The Morgan fingerprint density at radius 3 is 2.28 bits per heavy atom. The summed E-state index contributed by atoms with van der Waals surface area (Å²) in [7, 11) is -4.83. The third-order valence-electron chi connectivity index (χ3n) is 2.97. The van der Waals surface area contributed by atoms with Crippen molar-refractivity contribution in [2.75, 3.05) is 11.1 Å². The van der Waals surface area contributed by atoms with Crippen LogP contribution in [0.4, 0.5) is 14.5 Å². The van der Waals surface area contributed by atoms with E-state index in [2.05, 4.69) is 5.32 Å². The quantitative estimate of drug-likeness (QED) is 0.679. The number of carbonyl (C=O) groups is 1. The minimum Gasteiger partial charge on any atom is -0.324 e. The van der Waals surface area contributed by atoms with Crippen LogP contribution in [0.15, 0.2) is 52.3 Å². The molecule has 0 aliphatic rings. The molecule has 134 valence electrons. The third-order valence-corrected chi connectivity index (χ3v) is 6.40. The maximum atomic E-state index is 12.7. The van der Waals surface area contributed by atoms with Gasteiger partial charge in [-0.1, -0.05) is 41.4 Å². The molecular weight excluding hydrogens is 415 g/mol. The van der Waals surface area contributed by atoms with Crippen LogP contribution in [-0.2, 0) is 14.6 Å². The van der Waals surface area contributed by atoms with E-state index in [-0.39, 0.29) is 11.4 Å². The van der Waals surface area contributed by atoms with Gasteiger partial charge in [0, 0.05) is 4.90 Å². The Morgan fingerprint density at radius 1 is 1.08 bits per heavy atom. The molecule has 0 fully saturated rings. The van der Waals surface area contributed by atoms with Gasteiger partial charge in [-0.05, 0) is 24.3 Å². The number of nitrogens with one attached hydrogen (secondary N) is 1. The van der Waals surface area contributed by atoms with Crippen molar-refractivity contribution < 1.29 is 22.0 Å². The summed E-state index contributed by atoms with van der Waals surface area (Å²) in [4.78, 5) is 11.9. The van der Waals surface area contributed by atoms with E-state index in [1.807, 2.05) is 0 Å². The third kappa shape index (κ3) is 4.84. The van der Waals surface area contributed by atoms with Gasteiger partial charge in [0.15, 0.2) is 0 Å². The molecule has 0 heterocycles. The van der Waals surface area contributed by atoms with Gasteiger partial charge in [-0.3, -0.25) is 4.79 Å². The summed E-state index contributed by atoms with van der Waals surface area (Å²) in [5.41, 5.74) is -0.210. The van der Waals surface area contributed by atoms with E-state index in [0.29, 0.717) is 14.9 Å². The molecule has 4 nitrogen and oxygen atoms in total. The summed E-state index contributed by atoms with van der Waals surface area (Å²) < 4.78 is 48.8. The number of para-hydroxylation sites is 1. The number of carbonyl (C=O) groups excluding carboxylic acids is 1. The average molecular weight is 426 g/mol. The van der Waals surface area contributed by atoms with Gasteiger partial charge in [0.05, 0.1) is 26.4 Å². The number of amides is 1. The van der Waals surface area contributed by atoms with Gasteiger partial charge in [0.2, 0.25) is 15.7 Å². The largest absolute Gasteiger partial charge is 0.341 e. The van der Waals surface area contributed by atoms with E-state index in [1.165, 1.54) is 18.2 Å². The fraction of sp³-hybridized carbons (Fsp3) is 0.133. The van der Waals surface area contributed by atoms with Gasteiger partial charge >= 0.3 is 5.76 Å². The minimum absolute atomic E-state index is 0.132. The smallest absolute Gasteiger partial charge is 0.324 e. The zero-order chi connectivity index (χ0) is 18.6. The summed E-state index contributed by atoms with van der Waals surface area (Å²) in [6.45, 7) is 0. The van der Waals surface area contributed by atoms with Crippen LogP contribution < -0.4 is 5.32 Å². The second-order valence-corrected chi connectivity index (χ2v) is 8.38. The number of rotatable bonds is 6. The second kappa shape index (κ2) is 8.35. The first-order valence-corrected chi connectivity index (χ1v) is 10.00. The summed E-state index contributed by atoms with van der Waals surface area (Å²) in [5, 5.41) is 3.06. The molecule has 25 heavy (non-hydrogen) atoms. The minimum atomic E-state index is -4.83. The number of halogens is 4. The average Bonchev–Trinajstić information content (AvgIpc) is 2.54. The molecule has 0 saturated carbocycles. The van der Waals surface area contributed by atoms with Gasteiger partial charge in [-0.15, -0.1) is 11.8 Å². The summed E-state index contributed by atoms with van der Waals surface area (Å²) in [6.07, 6.45) is 0. The number of anilines is 1. The van der Waals surface area contributed by atoms with Crippen LogP contribution in [0, 0.1) is 0 Å². The van der Waals surface area contributed by atoms with Crippen LogP contribution in [-0.4, -0.2) is 25.8 Å². The van der Waals surface area contributed by atoms with E-state index in [9.17, 15) is 22.0 Å². The molecule has 2 aromatic carbocycles. The maximum Gasteiger partial charge on any atom is 0.341 e. The van der Waals surface area contributed by atoms with Crippen molar-refractivity contribution in [2.24, 2.45) is 0 Å². The normalized spacial score (nSPS) is 11.6. The van der Waals surface area contributed by atoms with Gasteiger partial charge in [0.25, 0.3) is 0 Å². The van der Waals surface area contributed by atoms with Crippen LogP contribution in [0.25, 0.3) is 0 Å². The molecule has 0 spiro atoms. The first-order valence-electron chi connectivity index (χ1n) is 6.71. The van der Waals surface area contributed by atoms with Crippen molar-refractivity contribution in [3.05, 3.63) is 52.5 Å². The fourth-order valence-electron chi connectivity index (χ4n) is 1.86. The molecule has 0 aliphatic carbocycles.